The molecule has 1 amide bonds. The van der Waals surface area contributed by atoms with E-state index in [0.717, 1.165) is 10.8 Å². The number of hydrogen-bond donors (Lipinski definition) is 1. The van der Waals surface area contributed by atoms with Crippen LogP contribution in [0, 0.1) is 5.92 Å². The maximum absolute atomic E-state index is 12.6. The van der Waals surface area contributed by atoms with Gasteiger partial charge in [0.25, 0.3) is 0 Å². The molecule has 10 heteroatoms. The molecule has 0 aromatic carbocycles. The Bertz CT molecular complexity index is 1010. The maximum Gasteiger partial charge on any atom is 0.390 e. The number of alkyl halides is 3. The van der Waals surface area contributed by atoms with Crippen LogP contribution in [0.5, 0.6) is 0 Å². The first-order valence-corrected chi connectivity index (χ1v) is 9.62. The Balaban J connectivity index is 1.37. The molecule has 0 bridgehead atoms. The summed E-state index contributed by atoms with van der Waals surface area (Å²) in [5.41, 5.74) is 0.620. The van der Waals surface area contributed by atoms with Gasteiger partial charge >= 0.3 is 6.18 Å². The van der Waals surface area contributed by atoms with Crippen LogP contribution in [-0.4, -0.2) is 51.6 Å². The highest BCUT2D eigenvalue weighted by molar-refractivity contribution is 5.94. The molecule has 0 saturated carbocycles. The number of carbonyl (C=O) groups excluding carboxylic acids is 1. The van der Waals surface area contributed by atoms with Gasteiger partial charge in [-0.05, 0) is 43.5 Å². The largest absolute Gasteiger partial charge is 0.442 e. The molecule has 1 N–H and O–H groups in total. The average Bonchev–Trinajstić information content (AvgIpc) is 3.26. The lowest BCUT2D eigenvalue weighted by Crippen LogP contribution is -2.39. The van der Waals surface area contributed by atoms with Gasteiger partial charge in [0.1, 0.15) is 11.5 Å². The van der Waals surface area contributed by atoms with Crippen LogP contribution in [0.15, 0.2) is 41.5 Å². The minimum Gasteiger partial charge on any atom is -0.442 e. The number of oxazole rings is 1. The molecule has 0 atom stereocenters. The summed E-state index contributed by atoms with van der Waals surface area (Å²) in [5, 5.41) is 4.48. The fourth-order valence-corrected chi connectivity index (χ4v) is 3.52. The molecule has 0 spiro atoms. The first-order valence-electron chi connectivity index (χ1n) is 9.62. The van der Waals surface area contributed by atoms with Crippen molar-refractivity contribution in [3.05, 3.63) is 37.1 Å². The summed E-state index contributed by atoms with van der Waals surface area (Å²) < 4.78 is 42.4. The summed E-state index contributed by atoms with van der Waals surface area (Å²) >= 11 is 0. The Kier molecular flexibility index (Phi) is 5.67. The number of amides is 1. The van der Waals surface area contributed by atoms with E-state index in [9.17, 15) is 18.0 Å². The van der Waals surface area contributed by atoms with Crippen molar-refractivity contribution in [3.63, 3.8) is 0 Å². The van der Waals surface area contributed by atoms with E-state index in [1.807, 2.05) is 6.07 Å². The summed E-state index contributed by atoms with van der Waals surface area (Å²) in [4.78, 5) is 26.8. The monoisotopic (exact) mass is 419 g/mol. The van der Waals surface area contributed by atoms with Crippen molar-refractivity contribution >= 4 is 22.5 Å². The number of nitrogens with zero attached hydrogens (tertiary/aromatic N) is 4. The zero-order chi connectivity index (χ0) is 21.1. The lowest BCUT2D eigenvalue weighted by Gasteiger charge is -2.31. The van der Waals surface area contributed by atoms with Gasteiger partial charge in [0.15, 0.2) is 12.2 Å². The number of pyridine rings is 2. The Morgan fingerprint density at radius 2 is 1.90 bits per heavy atom. The second-order valence-electron chi connectivity index (χ2n) is 7.32. The highest BCUT2D eigenvalue weighted by atomic mass is 19.4. The fraction of sp³-hybridized carbons (Fsp3) is 0.400. The van der Waals surface area contributed by atoms with E-state index in [0.29, 0.717) is 43.2 Å². The van der Waals surface area contributed by atoms with E-state index in [2.05, 4.69) is 20.3 Å². The van der Waals surface area contributed by atoms with E-state index in [-0.39, 0.29) is 18.4 Å². The van der Waals surface area contributed by atoms with Crippen molar-refractivity contribution in [3.8, 4) is 11.5 Å². The van der Waals surface area contributed by atoms with Gasteiger partial charge in [0.05, 0.1) is 12.6 Å². The third-order valence-corrected chi connectivity index (χ3v) is 5.21. The van der Waals surface area contributed by atoms with Crippen molar-refractivity contribution < 1.29 is 22.4 Å². The number of piperidine rings is 1. The summed E-state index contributed by atoms with van der Waals surface area (Å²) in [6.07, 6.45) is 2.26. The van der Waals surface area contributed by atoms with Crippen LogP contribution >= 0.6 is 0 Å². The van der Waals surface area contributed by atoms with Crippen molar-refractivity contribution in [1.29, 1.82) is 0 Å². The zero-order valence-electron chi connectivity index (χ0n) is 16.0. The van der Waals surface area contributed by atoms with Crippen molar-refractivity contribution in [2.75, 3.05) is 25.0 Å². The summed E-state index contributed by atoms with van der Waals surface area (Å²) in [6.45, 7) is 0.933. The minimum atomic E-state index is -4.15. The number of halogens is 3. The fourth-order valence-electron chi connectivity index (χ4n) is 3.52. The highest BCUT2D eigenvalue weighted by Crippen LogP contribution is 2.25. The highest BCUT2D eigenvalue weighted by Gasteiger charge is 2.30. The number of hydrogen-bond acceptors (Lipinski definition) is 6. The van der Waals surface area contributed by atoms with Crippen molar-refractivity contribution in [2.24, 2.45) is 5.92 Å². The lowest BCUT2D eigenvalue weighted by molar-refractivity contribution is -0.139. The molecular weight excluding hydrogens is 399 g/mol. The first-order chi connectivity index (χ1) is 14.4. The lowest BCUT2D eigenvalue weighted by atomic mass is 9.96. The number of aromatic nitrogens is 3. The maximum atomic E-state index is 12.6. The topological polar surface area (TPSA) is 84.2 Å². The molecule has 0 unspecified atom stereocenters. The van der Waals surface area contributed by atoms with Gasteiger partial charge in [0, 0.05) is 30.2 Å². The molecule has 3 aromatic heterocycles. The standard InChI is InChI=1S/C20H20F3N5O2/c21-20(22,23)3-6-28-4-1-13(2-5-28)19(29)27-18-8-14-7-16(17-11-24-12-30-17)25-9-15(14)10-26-18/h7-13H,1-6H2,(H,26,27,29). The Morgan fingerprint density at radius 1 is 1.13 bits per heavy atom. The minimum absolute atomic E-state index is 0.0222. The third kappa shape index (κ3) is 4.93. The van der Waals surface area contributed by atoms with Crippen LogP contribution in [-0.2, 0) is 4.79 Å². The number of rotatable bonds is 5. The van der Waals surface area contributed by atoms with Gasteiger partial charge in [0.2, 0.25) is 5.91 Å². The van der Waals surface area contributed by atoms with E-state index in [1.54, 1.807) is 29.6 Å². The van der Waals surface area contributed by atoms with E-state index in [4.69, 9.17) is 4.42 Å². The summed E-state index contributed by atoms with van der Waals surface area (Å²) in [5.74, 6) is 0.548. The molecule has 158 valence electrons. The molecule has 1 saturated heterocycles. The molecule has 1 aliphatic heterocycles. The van der Waals surface area contributed by atoms with Gasteiger partial charge < -0.3 is 14.6 Å². The second-order valence-corrected chi connectivity index (χ2v) is 7.32. The van der Waals surface area contributed by atoms with Crippen molar-refractivity contribution in [2.45, 2.75) is 25.4 Å². The average molecular weight is 419 g/mol. The molecule has 0 radical (unpaired) electrons. The van der Waals surface area contributed by atoms with E-state index in [1.165, 1.54) is 6.39 Å². The molecule has 3 aromatic rings. The van der Waals surface area contributed by atoms with Crippen LogP contribution in [0.2, 0.25) is 0 Å². The Morgan fingerprint density at radius 3 is 2.60 bits per heavy atom. The number of carbonyl (C=O) groups is 1. The molecule has 7 nitrogen and oxygen atoms in total. The second kappa shape index (κ2) is 8.39. The molecule has 1 aliphatic rings. The van der Waals surface area contributed by atoms with Gasteiger partial charge in [-0.15, -0.1) is 0 Å². The summed E-state index contributed by atoms with van der Waals surface area (Å²) in [6, 6.07) is 3.58. The first kappa shape index (κ1) is 20.3. The quantitative estimate of drug-likeness (QED) is 0.676. The number of nitrogens with one attached hydrogen (secondary N) is 1. The van der Waals surface area contributed by atoms with Gasteiger partial charge in [-0.1, -0.05) is 0 Å². The van der Waals surface area contributed by atoms with Gasteiger partial charge in [-0.3, -0.25) is 9.78 Å². The molecule has 4 heterocycles. The predicted octanol–water partition coefficient (Wildman–Crippen LogP) is 3.89. The van der Waals surface area contributed by atoms with Crippen LogP contribution in [0.1, 0.15) is 19.3 Å². The van der Waals surface area contributed by atoms with Crippen LogP contribution in [0.3, 0.4) is 0 Å². The predicted molar refractivity (Wildman–Crippen MR) is 104 cm³/mol. The Labute approximate surface area is 170 Å². The molecule has 30 heavy (non-hydrogen) atoms. The van der Waals surface area contributed by atoms with E-state index < -0.39 is 12.6 Å². The molecule has 4 rings (SSSR count). The van der Waals surface area contributed by atoms with Crippen molar-refractivity contribution in [1.82, 2.24) is 19.9 Å². The summed E-state index contributed by atoms with van der Waals surface area (Å²) in [7, 11) is 0. The number of anilines is 1. The normalized spacial score (nSPS) is 16.1. The Hall–Kier alpha value is -3.01. The molecular formula is C20H20F3N5O2. The smallest absolute Gasteiger partial charge is 0.390 e. The SMILES string of the molecule is O=C(Nc1cc2cc(-c3cnco3)ncc2cn1)C1CCN(CCC(F)(F)F)CC1. The van der Waals surface area contributed by atoms with Crippen LogP contribution in [0.25, 0.3) is 22.2 Å². The molecule has 1 fully saturated rings. The number of likely N-dealkylation sites (tertiary alicyclic amines) is 1. The zero-order valence-corrected chi connectivity index (χ0v) is 16.0. The van der Waals surface area contributed by atoms with E-state index >= 15 is 0 Å². The van der Waals surface area contributed by atoms with Gasteiger partial charge in [-0.2, -0.15) is 13.2 Å². The molecule has 0 aliphatic carbocycles. The number of fused-ring (bicyclic) bond motifs is 1. The third-order valence-electron chi connectivity index (χ3n) is 5.21. The van der Waals surface area contributed by atoms with Crippen LogP contribution < -0.4 is 5.32 Å². The van der Waals surface area contributed by atoms with Crippen LogP contribution in [0.4, 0.5) is 19.0 Å². The van der Waals surface area contributed by atoms with Gasteiger partial charge in [-0.25, -0.2) is 9.97 Å².